The van der Waals surface area contributed by atoms with Crippen LogP contribution in [0, 0.1) is 5.92 Å². The average molecular weight is 516 g/mol. The number of benzene rings is 1. The molecule has 6 rings (SSSR count). The summed E-state index contributed by atoms with van der Waals surface area (Å²) >= 11 is 0. The highest BCUT2D eigenvalue weighted by atomic mass is 16.2. The molecule has 1 saturated heterocycles. The summed E-state index contributed by atoms with van der Waals surface area (Å²) in [4.78, 5) is 41.0. The fraction of sp³-hybridized carbons (Fsp3) is 0.517. The predicted molar refractivity (Wildman–Crippen MR) is 148 cm³/mol. The van der Waals surface area contributed by atoms with Crippen LogP contribution < -0.4 is 11.0 Å². The molecule has 2 N–H and O–H groups in total. The number of carbonyl (C=O) groups excluding carboxylic acids is 1. The number of aromatic nitrogens is 4. The number of hydrogen-bond donors (Lipinski definition) is 2. The molecular weight excluding hydrogens is 478 g/mol. The summed E-state index contributed by atoms with van der Waals surface area (Å²) in [7, 11) is 0. The van der Waals surface area contributed by atoms with Crippen LogP contribution in [-0.4, -0.2) is 61.4 Å². The normalized spacial score (nSPS) is 20.2. The van der Waals surface area contributed by atoms with E-state index in [0.717, 1.165) is 56.9 Å². The molecule has 2 aliphatic carbocycles. The number of imidazole rings is 1. The highest BCUT2D eigenvalue weighted by molar-refractivity contribution is 5.87. The van der Waals surface area contributed by atoms with Crippen molar-refractivity contribution in [3.05, 3.63) is 64.7 Å². The number of rotatable bonds is 9. The van der Waals surface area contributed by atoms with E-state index in [-0.39, 0.29) is 23.7 Å². The molecule has 1 aliphatic heterocycles. The molecule has 2 atom stereocenters. The quantitative estimate of drug-likeness (QED) is 0.415. The second-order valence-electron chi connectivity index (χ2n) is 11.1. The van der Waals surface area contributed by atoms with Crippen molar-refractivity contribution < 1.29 is 4.79 Å². The fourth-order valence-electron chi connectivity index (χ4n) is 5.80. The fourth-order valence-corrected chi connectivity index (χ4v) is 5.80. The van der Waals surface area contributed by atoms with Gasteiger partial charge >= 0.3 is 5.69 Å². The van der Waals surface area contributed by atoms with Gasteiger partial charge in [-0.3, -0.25) is 14.3 Å². The Morgan fingerprint density at radius 1 is 1.13 bits per heavy atom. The Bertz CT molecular complexity index is 1360. The largest absolute Gasteiger partial charge is 0.348 e. The number of nitrogens with zero attached hydrogens (tertiary/aromatic N) is 5. The summed E-state index contributed by atoms with van der Waals surface area (Å²) < 4.78 is 1.79. The Morgan fingerprint density at radius 3 is 2.47 bits per heavy atom. The lowest BCUT2D eigenvalue weighted by molar-refractivity contribution is -0.128. The second-order valence-corrected chi connectivity index (χ2v) is 11.1. The summed E-state index contributed by atoms with van der Waals surface area (Å²) in [6.07, 6.45) is 10.1. The third kappa shape index (κ3) is 4.99. The van der Waals surface area contributed by atoms with Crippen molar-refractivity contribution in [3.63, 3.8) is 0 Å². The molecule has 2 saturated carbocycles. The number of piperazine rings is 1. The minimum atomic E-state index is -0.103. The monoisotopic (exact) mass is 515 g/mol. The first-order chi connectivity index (χ1) is 18.5. The summed E-state index contributed by atoms with van der Waals surface area (Å²) in [6.45, 7) is 9.03. The number of nitrogens with one attached hydrogen (secondary N) is 2. The van der Waals surface area contributed by atoms with Gasteiger partial charge in [0.15, 0.2) is 5.65 Å². The minimum Gasteiger partial charge on any atom is -0.348 e. The van der Waals surface area contributed by atoms with Gasteiger partial charge in [0.2, 0.25) is 11.9 Å². The van der Waals surface area contributed by atoms with E-state index in [4.69, 9.17) is 4.98 Å². The maximum Gasteiger partial charge on any atom is 0.327 e. The van der Waals surface area contributed by atoms with Crippen molar-refractivity contribution >= 4 is 23.0 Å². The van der Waals surface area contributed by atoms with Crippen molar-refractivity contribution in [1.29, 1.82) is 0 Å². The molecule has 9 heteroatoms. The van der Waals surface area contributed by atoms with Crippen LogP contribution in [0.1, 0.15) is 74.7 Å². The van der Waals surface area contributed by atoms with E-state index in [9.17, 15) is 9.59 Å². The molecule has 1 aromatic carbocycles. The first-order valence-electron chi connectivity index (χ1n) is 14.0. The maximum atomic E-state index is 12.5. The Kier molecular flexibility index (Phi) is 6.78. The van der Waals surface area contributed by atoms with Gasteiger partial charge in [-0.1, -0.05) is 43.7 Å². The van der Waals surface area contributed by atoms with Crippen molar-refractivity contribution in [3.8, 4) is 0 Å². The minimum absolute atomic E-state index is 0.0136. The SMILES string of the molecule is C=CC(=O)N1CCN([C@@H](CC2CC2)c2ccc([C@H](C)Nc3ncc4[nH]c(=O)n(C5CCC5)c4n3)cc2)CC1. The highest BCUT2D eigenvalue weighted by Crippen LogP contribution is 2.40. The van der Waals surface area contributed by atoms with Gasteiger partial charge in [-0.2, -0.15) is 4.98 Å². The summed E-state index contributed by atoms with van der Waals surface area (Å²) in [5.41, 5.74) is 3.76. The van der Waals surface area contributed by atoms with Gasteiger partial charge in [-0.25, -0.2) is 9.78 Å². The van der Waals surface area contributed by atoms with Crippen molar-refractivity contribution in [1.82, 2.24) is 29.3 Å². The van der Waals surface area contributed by atoms with Gasteiger partial charge in [0, 0.05) is 38.3 Å². The summed E-state index contributed by atoms with van der Waals surface area (Å²) in [5, 5.41) is 3.43. The van der Waals surface area contributed by atoms with Gasteiger partial charge in [-0.15, -0.1) is 0 Å². The predicted octanol–water partition coefficient (Wildman–Crippen LogP) is 4.19. The van der Waals surface area contributed by atoms with Gasteiger partial charge in [0.25, 0.3) is 0 Å². The van der Waals surface area contributed by atoms with Crippen LogP contribution in [0.4, 0.5) is 5.95 Å². The van der Waals surface area contributed by atoms with Crippen LogP contribution in [0.25, 0.3) is 11.2 Å². The molecule has 3 heterocycles. The molecule has 0 radical (unpaired) electrons. The standard InChI is InChI=1S/C29H37N7O2/c1-3-26(37)35-15-13-34(14-16-35)25(17-20-7-8-20)22-11-9-21(10-12-22)19(2)31-28-30-18-24-27(33-28)36(29(38)32-24)23-5-4-6-23/h3,9-12,18-20,23,25H,1,4-8,13-17H2,2H3,(H,32,38)(H,30,31,33)/t19-,25-/m0/s1. The van der Waals surface area contributed by atoms with Crippen molar-refractivity contribution in [2.45, 2.75) is 63.6 Å². The van der Waals surface area contributed by atoms with E-state index in [0.29, 0.717) is 23.2 Å². The number of amides is 1. The zero-order valence-corrected chi connectivity index (χ0v) is 22.1. The van der Waals surface area contributed by atoms with Crippen LogP contribution in [-0.2, 0) is 4.79 Å². The average Bonchev–Trinajstić information content (AvgIpc) is 3.68. The van der Waals surface area contributed by atoms with E-state index in [2.05, 4.69) is 58.0 Å². The van der Waals surface area contributed by atoms with Crippen molar-refractivity contribution in [2.24, 2.45) is 5.92 Å². The van der Waals surface area contributed by atoms with Gasteiger partial charge < -0.3 is 15.2 Å². The lowest BCUT2D eigenvalue weighted by atomic mass is 9.93. The smallest absolute Gasteiger partial charge is 0.327 e. The lowest BCUT2D eigenvalue weighted by Gasteiger charge is -2.39. The molecule has 0 bridgehead atoms. The zero-order chi connectivity index (χ0) is 26.2. The van der Waals surface area contributed by atoms with E-state index >= 15 is 0 Å². The molecule has 9 nitrogen and oxygen atoms in total. The molecule has 3 aliphatic rings. The van der Waals surface area contributed by atoms with Crippen LogP contribution in [0.3, 0.4) is 0 Å². The number of H-pyrrole nitrogens is 1. The number of aromatic amines is 1. The number of anilines is 1. The number of fused-ring (bicyclic) bond motifs is 1. The molecule has 0 spiro atoms. The molecule has 38 heavy (non-hydrogen) atoms. The summed E-state index contributed by atoms with van der Waals surface area (Å²) in [6, 6.07) is 9.53. The number of carbonyl (C=O) groups is 1. The zero-order valence-electron chi connectivity index (χ0n) is 22.1. The molecule has 1 amide bonds. The molecule has 0 unspecified atom stereocenters. The van der Waals surface area contributed by atoms with Crippen LogP contribution >= 0.6 is 0 Å². The first kappa shape index (κ1) is 24.9. The molecule has 3 fully saturated rings. The first-order valence-corrected chi connectivity index (χ1v) is 14.0. The van der Waals surface area contributed by atoms with Gasteiger partial charge in [0.05, 0.1) is 12.2 Å². The van der Waals surface area contributed by atoms with Crippen LogP contribution in [0.5, 0.6) is 0 Å². The maximum absolute atomic E-state index is 12.5. The van der Waals surface area contributed by atoms with Gasteiger partial charge in [-0.05, 0) is 55.7 Å². The third-order valence-electron chi connectivity index (χ3n) is 8.56. The van der Waals surface area contributed by atoms with E-state index in [1.54, 1.807) is 10.8 Å². The van der Waals surface area contributed by atoms with E-state index in [1.807, 2.05) is 4.90 Å². The number of hydrogen-bond acceptors (Lipinski definition) is 6. The molecule has 200 valence electrons. The lowest BCUT2D eigenvalue weighted by Crippen LogP contribution is -2.49. The Balaban J connectivity index is 1.15. The molecule has 3 aromatic rings. The van der Waals surface area contributed by atoms with E-state index < -0.39 is 0 Å². The highest BCUT2D eigenvalue weighted by Gasteiger charge is 2.32. The molecular formula is C29H37N7O2. The van der Waals surface area contributed by atoms with Gasteiger partial charge in [0.1, 0.15) is 5.52 Å². The van der Waals surface area contributed by atoms with Crippen molar-refractivity contribution in [2.75, 3.05) is 31.5 Å². The molecule has 2 aromatic heterocycles. The van der Waals surface area contributed by atoms with Crippen LogP contribution in [0.2, 0.25) is 0 Å². The second kappa shape index (κ2) is 10.4. The topological polar surface area (TPSA) is 99.2 Å². The Morgan fingerprint density at radius 2 is 1.84 bits per heavy atom. The Hall–Kier alpha value is -3.46. The Labute approximate surface area is 223 Å². The summed E-state index contributed by atoms with van der Waals surface area (Å²) in [5.74, 6) is 1.37. The third-order valence-corrected chi connectivity index (χ3v) is 8.56. The van der Waals surface area contributed by atoms with E-state index in [1.165, 1.54) is 30.9 Å². The van der Waals surface area contributed by atoms with Crippen LogP contribution in [0.15, 0.2) is 47.9 Å².